The van der Waals surface area contributed by atoms with Gasteiger partial charge in [0.2, 0.25) is 5.91 Å². The summed E-state index contributed by atoms with van der Waals surface area (Å²) in [6, 6.07) is 17.1. The number of carbonyl (C=O) groups is 2. The van der Waals surface area contributed by atoms with Gasteiger partial charge in [0, 0.05) is 12.6 Å². The van der Waals surface area contributed by atoms with Crippen molar-refractivity contribution in [3.63, 3.8) is 0 Å². The van der Waals surface area contributed by atoms with Crippen LogP contribution in [0.15, 0.2) is 54.6 Å². The summed E-state index contributed by atoms with van der Waals surface area (Å²) in [6.07, 6.45) is 0.943. The van der Waals surface area contributed by atoms with E-state index >= 15 is 0 Å². The van der Waals surface area contributed by atoms with Gasteiger partial charge in [-0.15, -0.1) is 0 Å². The first kappa shape index (κ1) is 14.5. The Bertz CT molecular complexity index is 723. The van der Waals surface area contributed by atoms with Crippen LogP contribution in [0.4, 0.5) is 5.69 Å². The quantitative estimate of drug-likeness (QED) is 0.812. The third-order valence-electron chi connectivity index (χ3n) is 4.61. The zero-order chi connectivity index (χ0) is 15.7. The minimum absolute atomic E-state index is 0.0578. The lowest BCUT2D eigenvalue weighted by Gasteiger charge is -2.39. The third-order valence-corrected chi connectivity index (χ3v) is 4.61. The summed E-state index contributed by atoms with van der Waals surface area (Å²) in [5, 5.41) is 0. The highest BCUT2D eigenvalue weighted by Crippen LogP contribution is 2.41. The molecule has 0 aromatic heterocycles. The second-order valence-electron chi connectivity index (χ2n) is 5.81. The van der Waals surface area contributed by atoms with Gasteiger partial charge in [0.05, 0.1) is 5.69 Å². The molecule has 0 saturated heterocycles. The Morgan fingerprint density at radius 3 is 2.27 bits per heavy atom. The molecule has 1 aliphatic heterocycles. The molecule has 1 heterocycles. The predicted octanol–water partition coefficient (Wildman–Crippen LogP) is 3.48. The van der Waals surface area contributed by atoms with Crippen molar-refractivity contribution in [3.05, 3.63) is 65.7 Å². The lowest BCUT2D eigenvalue weighted by Crippen LogP contribution is -2.52. The van der Waals surface area contributed by atoms with Gasteiger partial charge in [0.25, 0.3) is 0 Å². The van der Waals surface area contributed by atoms with E-state index in [1.807, 2.05) is 61.5 Å². The van der Waals surface area contributed by atoms with Crippen molar-refractivity contribution in [2.75, 3.05) is 11.9 Å². The van der Waals surface area contributed by atoms with E-state index in [-0.39, 0.29) is 11.7 Å². The van der Waals surface area contributed by atoms with Crippen LogP contribution in [0.3, 0.4) is 0 Å². The summed E-state index contributed by atoms with van der Waals surface area (Å²) in [5.41, 5.74) is 1.36. The van der Waals surface area contributed by atoms with Crippen molar-refractivity contribution in [2.45, 2.75) is 19.8 Å². The monoisotopic (exact) mass is 293 g/mol. The molecular weight excluding hydrogens is 274 g/mol. The lowest BCUT2D eigenvalue weighted by atomic mass is 9.70. The van der Waals surface area contributed by atoms with Crippen LogP contribution in [-0.4, -0.2) is 18.7 Å². The molecule has 0 saturated carbocycles. The Labute approximate surface area is 130 Å². The van der Waals surface area contributed by atoms with Crippen LogP contribution in [0, 0.1) is 5.41 Å². The van der Waals surface area contributed by atoms with Crippen LogP contribution in [0.1, 0.15) is 29.3 Å². The molecular formula is C19H19NO2. The third kappa shape index (κ3) is 2.05. The maximum absolute atomic E-state index is 13.1. The van der Waals surface area contributed by atoms with Crippen molar-refractivity contribution < 1.29 is 9.59 Å². The number of Topliss-reactive ketones (excluding diaryl/α,β-unsaturated/α-hetero) is 1. The molecule has 3 rings (SSSR count). The summed E-state index contributed by atoms with van der Waals surface area (Å²) in [7, 11) is 1.75. The number of hydrogen-bond acceptors (Lipinski definition) is 2. The first-order valence-electron chi connectivity index (χ1n) is 7.56. The maximum atomic E-state index is 13.1. The van der Waals surface area contributed by atoms with E-state index < -0.39 is 5.41 Å². The van der Waals surface area contributed by atoms with Crippen molar-refractivity contribution in [2.24, 2.45) is 5.41 Å². The van der Waals surface area contributed by atoms with Gasteiger partial charge < -0.3 is 4.90 Å². The number of hydrogen-bond donors (Lipinski definition) is 0. The van der Waals surface area contributed by atoms with Gasteiger partial charge in [-0.25, -0.2) is 0 Å². The number of nitrogens with zero attached hydrogens (tertiary/aromatic N) is 1. The van der Waals surface area contributed by atoms with Crippen LogP contribution in [-0.2, 0) is 11.2 Å². The topological polar surface area (TPSA) is 37.4 Å². The minimum atomic E-state index is -0.996. The smallest absolute Gasteiger partial charge is 0.241 e. The van der Waals surface area contributed by atoms with E-state index in [1.165, 1.54) is 0 Å². The Hall–Kier alpha value is -2.42. The molecule has 1 amide bonds. The second-order valence-corrected chi connectivity index (χ2v) is 5.81. The van der Waals surface area contributed by atoms with Gasteiger partial charge in [0.1, 0.15) is 5.41 Å². The standard InChI is InChI=1S/C19H19NO2/c1-3-19(13-14-9-5-4-6-10-14)17(21)15-11-7-8-12-16(15)20(2)18(19)22/h4-12H,3,13H2,1-2H3. The van der Waals surface area contributed by atoms with Gasteiger partial charge in [-0.05, 0) is 30.5 Å². The Morgan fingerprint density at radius 2 is 1.59 bits per heavy atom. The van der Waals surface area contributed by atoms with Crippen LogP contribution >= 0.6 is 0 Å². The number of carbonyl (C=O) groups excluding carboxylic acids is 2. The molecule has 3 heteroatoms. The maximum Gasteiger partial charge on any atom is 0.241 e. The number of rotatable bonds is 3. The number of amides is 1. The van der Waals surface area contributed by atoms with Gasteiger partial charge >= 0.3 is 0 Å². The van der Waals surface area contributed by atoms with Gasteiger partial charge in [-0.1, -0.05) is 49.4 Å². The zero-order valence-electron chi connectivity index (χ0n) is 12.9. The van der Waals surface area contributed by atoms with Crippen molar-refractivity contribution in [3.8, 4) is 0 Å². The van der Waals surface area contributed by atoms with Crippen LogP contribution in [0.5, 0.6) is 0 Å². The van der Waals surface area contributed by atoms with Gasteiger partial charge in [0.15, 0.2) is 5.78 Å². The number of para-hydroxylation sites is 1. The number of fused-ring (bicyclic) bond motifs is 1. The van der Waals surface area contributed by atoms with E-state index in [0.29, 0.717) is 24.1 Å². The summed E-state index contributed by atoms with van der Waals surface area (Å²) >= 11 is 0. The van der Waals surface area contributed by atoms with E-state index in [4.69, 9.17) is 0 Å². The lowest BCUT2D eigenvalue weighted by molar-refractivity contribution is -0.126. The van der Waals surface area contributed by atoms with E-state index in [0.717, 1.165) is 5.56 Å². The SMILES string of the molecule is CCC1(Cc2ccccc2)C(=O)c2ccccc2N(C)C1=O. The number of ketones is 1. The predicted molar refractivity (Wildman–Crippen MR) is 87.1 cm³/mol. The molecule has 22 heavy (non-hydrogen) atoms. The van der Waals surface area contributed by atoms with Gasteiger partial charge in [-0.3, -0.25) is 9.59 Å². The molecule has 3 nitrogen and oxygen atoms in total. The molecule has 0 radical (unpaired) electrons. The van der Waals surface area contributed by atoms with E-state index in [2.05, 4.69) is 0 Å². The molecule has 2 aromatic carbocycles. The average Bonchev–Trinajstić information content (AvgIpc) is 2.58. The van der Waals surface area contributed by atoms with Crippen LogP contribution in [0.25, 0.3) is 0 Å². The molecule has 0 fully saturated rings. The second kappa shape index (κ2) is 5.41. The normalized spacial score (nSPS) is 20.9. The molecule has 0 spiro atoms. The fourth-order valence-electron chi connectivity index (χ4n) is 3.28. The highest BCUT2D eigenvalue weighted by molar-refractivity contribution is 6.24. The highest BCUT2D eigenvalue weighted by atomic mass is 16.2. The Morgan fingerprint density at radius 1 is 0.955 bits per heavy atom. The van der Waals surface area contributed by atoms with Crippen molar-refractivity contribution in [1.82, 2.24) is 0 Å². The molecule has 2 aromatic rings. The van der Waals surface area contributed by atoms with Crippen LogP contribution < -0.4 is 4.90 Å². The van der Waals surface area contributed by atoms with Crippen molar-refractivity contribution in [1.29, 1.82) is 0 Å². The van der Waals surface area contributed by atoms with E-state index in [9.17, 15) is 9.59 Å². The summed E-state index contributed by atoms with van der Waals surface area (Å²) in [6.45, 7) is 1.92. The molecule has 0 aliphatic carbocycles. The molecule has 0 N–H and O–H groups in total. The first-order valence-corrected chi connectivity index (χ1v) is 7.56. The fraction of sp³-hybridized carbons (Fsp3) is 0.263. The minimum Gasteiger partial charge on any atom is -0.314 e. The van der Waals surface area contributed by atoms with Gasteiger partial charge in [-0.2, -0.15) is 0 Å². The summed E-state index contributed by atoms with van der Waals surface area (Å²) in [4.78, 5) is 27.7. The molecule has 0 bridgehead atoms. The summed E-state index contributed by atoms with van der Waals surface area (Å²) < 4.78 is 0. The average molecular weight is 293 g/mol. The van der Waals surface area contributed by atoms with E-state index in [1.54, 1.807) is 11.9 Å². The Kier molecular flexibility index (Phi) is 3.57. The number of benzene rings is 2. The molecule has 112 valence electrons. The fourth-order valence-corrected chi connectivity index (χ4v) is 3.28. The zero-order valence-corrected chi connectivity index (χ0v) is 12.9. The number of anilines is 1. The molecule has 1 atom stereocenters. The Balaban J connectivity index is 2.11. The van der Waals surface area contributed by atoms with Crippen molar-refractivity contribution >= 4 is 17.4 Å². The molecule has 1 aliphatic rings. The summed E-state index contributed by atoms with van der Waals surface area (Å²) in [5.74, 6) is -0.167. The first-order chi connectivity index (χ1) is 10.6. The molecule has 1 unspecified atom stereocenters. The van der Waals surface area contributed by atoms with Crippen LogP contribution in [0.2, 0.25) is 0 Å². The largest absolute Gasteiger partial charge is 0.314 e. The highest BCUT2D eigenvalue weighted by Gasteiger charge is 2.50.